The Morgan fingerprint density at radius 1 is 1.56 bits per heavy atom. The van der Waals surface area contributed by atoms with E-state index in [1.165, 1.54) is 10.7 Å². The predicted octanol–water partition coefficient (Wildman–Crippen LogP) is 2.04. The zero-order valence-corrected chi connectivity index (χ0v) is 9.97. The van der Waals surface area contributed by atoms with Gasteiger partial charge in [0.15, 0.2) is 11.5 Å². The van der Waals surface area contributed by atoms with E-state index >= 15 is 0 Å². The molecule has 0 saturated heterocycles. The summed E-state index contributed by atoms with van der Waals surface area (Å²) in [6, 6.07) is 5.08. The molecule has 0 unspecified atom stereocenters. The van der Waals surface area contributed by atoms with Gasteiger partial charge in [0.25, 0.3) is 0 Å². The fraction of sp³-hybridized carbons (Fsp3) is 0.100. The number of halogens is 1. The summed E-state index contributed by atoms with van der Waals surface area (Å²) in [7, 11) is 0. The van der Waals surface area contributed by atoms with Gasteiger partial charge in [-0.2, -0.15) is 5.10 Å². The van der Waals surface area contributed by atoms with Gasteiger partial charge in [-0.05, 0) is 34.5 Å². The van der Waals surface area contributed by atoms with E-state index in [0.717, 1.165) is 5.56 Å². The number of aryl methyl sites for hydroxylation is 1. The lowest BCUT2D eigenvalue weighted by Gasteiger charge is -2.05. The number of carboxylic acid groups (broad SMARTS) is 1. The van der Waals surface area contributed by atoms with Crippen LogP contribution in [0, 0.1) is 6.92 Å². The van der Waals surface area contributed by atoms with Gasteiger partial charge in [-0.15, -0.1) is 0 Å². The molecule has 0 amide bonds. The number of carbonyl (C=O) groups is 1. The van der Waals surface area contributed by atoms with E-state index in [1.54, 1.807) is 12.3 Å². The quantitative estimate of drug-likeness (QED) is 0.915. The monoisotopic (exact) mass is 281 g/mol. The Balaban J connectivity index is 2.64. The molecule has 0 bridgehead atoms. The van der Waals surface area contributed by atoms with Gasteiger partial charge in [-0.1, -0.05) is 6.07 Å². The third-order valence-electron chi connectivity index (χ3n) is 2.08. The van der Waals surface area contributed by atoms with E-state index in [9.17, 15) is 4.79 Å². The summed E-state index contributed by atoms with van der Waals surface area (Å²) >= 11 is 3.15. The Bertz CT molecular complexity index is 551. The molecule has 0 aromatic carbocycles. The van der Waals surface area contributed by atoms with Crippen molar-refractivity contribution in [2.45, 2.75) is 6.92 Å². The van der Waals surface area contributed by atoms with Crippen LogP contribution in [0.2, 0.25) is 0 Å². The maximum Gasteiger partial charge on any atom is 0.354 e. The summed E-state index contributed by atoms with van der Waals surface area (Å²) in [5.41, 5.74) is 0.939. The molecule has 2 aromatic heterocycles. The molecule has 0 saturated carbocycles. The van der Waals surface area contributed by atoms with Crippen molar-refractivity contribution >= 4 is 21.9 Å². The average Bonchev–Trinajstić information content (AvgIpc) is 2.61. The van der Waals surface area contributed by atoms with Gasteiger partial charge in [-0.3, -0.25) is 0 Å². The highest BCUT2D eigenvalue weighted by atomic mass is 79.9. The highest BCUT2D eigenvalue weighted by molar-refractivity contribution is 9.10. The maximum atomic E-state index is 11.0. The molecular weight excluding hydrogens is 274 g/mol. The van der Waals surface area contributed by atoms with Crippen LogP contribution in [0.15, 0.2) is 29.0 Å². The number of aromatic nitrogens is 3. The number of aromatic carboxylic acids is 1. The van der Waals surface area contributed by atoms with Gasteiger partial charge in [0.05, 0.1) is 0 Å². The van der Waals surface area contributed by atoms with Crippen molar-refractivity contribution < 1.29 is 9.90 Å². The summed E-state index contributed by atoms with van der Waals surface area (Å²) in [6.07, 6.45) is 1.60. The zero-order chi connectivity index (χ0) is 11.7. The molecule has 0 aliphatic rings. The molecule has 6 heteroatoms. The third kappa shape index (κ3) is 1.83. The first-order chi connectivity index (χ1) is 7.59. The molecule has 82 valence electrons. The normalized spacial score (nSPS) is 10.4. The van der Waals surface area contributed by atoms with Crippen molar-refractivity contribution in [3.63, 3.8) is 0 Å². The lowest BCUT2D eigenvalue weighted by Crippen LogP contribution is -2.10. The second kappa shape index (κ2) is 4.05. The number of rotatable bonds is 2. The fourth-order valence-corrected chi connectivity index (χ4v) is 1.74. The van der Waals surface area contributed by atoms with E-state index in [1.807, 2.05) is 13.0 Å². The molecular formula is C10H8BrN3O2. The Morgan fingerprint density at radius 2 is 2.31 bits per heavy atom. The number of hydrogen-bond donors (Lipinski definition) is 1. The third-order valence-corrected chi connectivity index (χ3v) is 2.47. The molecule has 0 spiro atoms. The van der Waals surface area contributed by atoms with Crippen LogP contribution in [0.1, 0.15) is 16.1 Å². The zero-order valence-electron chi connectivity index (χ0n) is 8.38. The van der Waals surface area contributed by atoms with Crippen molar-refractivity contribution in [3.05, 3.63) is 40.3 Å². The standard InChI is InChI=1S/C10H8BrN3O2/c1-6-3-2-4-12-9(6)14-7(10(15)16)5-8(11)13-14/h2-5H,1H3,(H,15,16). The Kier molecular flexibility index (Phi) is 2.74. The molecule has 2 aromatic rings. The first kappa shape index (κ1) is 10.8. The fourth-order valence-electron chi connectivity index (χ4n) is 1.37. The average molecular weight is 282 g/mol. The van der Waals surface area contributed by atoms with Crippen molar-refractivity contribution in [1.82, 2.24) is 14.8 Å². The van der Waals surface area contributed by atoms with Gasteiger partial charge >= 0.3 is 5.97 Å². The molecule has 0 radical (unpaired) electrons. The van der Waals surface area contributed by atoms with Crippen LogP contribution in [0.3, 0.4) is 0 Å². The van der Waals surface area contributed by atoms with E-state index in [0.29, 0.717) is 10.4 Å². The Labute approximate surface area is 99.9 Å². The highest BCUT2D eigenvalue weighted by Crippen LogP contribution is 2.17. The van der Waals surface area contributed by atoms with Crippen molar-refractivity contribution in [2.24, 2.45) is 0 Å². The SMILES string of the molecule is Cc1cccnc1-n1nc(Br)cc1C(=O)O. The highest BCUT2D eigenvalue weighted by Gasteiger charge is 2.16. The van der Waals surface area contributed by atoms with Gasteiger partial charge in [0.1, 0.15) is 4.60 Å². The maximum absolute atomic E-state index is 11.0. The number of carboxylic acids is 1. The molecule has 5 nitrogen and oxygen atoms in total. The minimum Gasteiger partial charge on any atom is -0.477 e. The Hall–Kier alpha value is -1.69. The van der Waals surface area contributed by atoms with Gasteiger partial charge in [-0.25, -0.2) is 14.5 Å². The lowest BCUT2D eigenvalue weighted by atomic mass is 10.3. The molecule has 0 fully saturated rings. The Morgan fingerprint density at radius 3 is 2.94 bits per heavy atom. The van der Waals surface area contributed by atoms with E-state index < -0.39 is 5.97 Å². The molecule has 0 aliphatic carbocycles. The predicted molar refractivity (Wildman–Crippen MR) is 60.8 cm³/mol. The van der Waals surface area contributed by atoms with E-state index in [-0.39, 0.29) is 5.69 Å². The topological polar surface area (TPSA) is 68.0 Å². The van der Waals surface area contributed by atoms with Crippen molar-refractivity contribution in [1.29, 1.82) is 0 Å². The van der Waals surface area contributed by atoms with Gasteiger partial charge in [0.2, 0.25) is 0 Å². The number of pyridine rings is 1. The minimum atomic E-state index is -1.04. The summed E-state index contributed by atoms with van der Waals surface area (Å²) in [5.74, 6) is -0.520. The van der Waals surface area contributed by atoms with E-state index in [4.69, 9.17) is 5.11 Å². The van der Waals surface area contributed by atoms with E-state index in [2.05, 4.69) is 26.0 Å². The summed E-state index contributed by atoms with van der Waals surface area (Å²) in [6.45, 7) is 1.85. The molecule has 0 atom stereocenters. The summed E-state index contributed by atoms with van der Waals surface area (Å²) in [4.78, 5) is 15.1. The van der Waals surface area contributed by atoms with Crippen LogP contribution in [-0.2, 0) is 0 Å². The molecule has 1 N–H and O–H groups in total. The first-order valence-corrected chi connectivity index (χ1v) is 5.30. The van der Waals surface area contributed by atoms with Crippen LogP contribution < -0.4 is 0 Å². The molecule has 0 aliphatic heterocycles. The van der Waals surface area contributed by atoms with Crippen LogP contribution in [0.25, 0.3) is 5.82 Å². The first-order valence-electron chi connectivity index (χ1n) is 4.50. The molecule has 2 rings (SSSR count). The largest absolute Gasteiger partial charge is 0.477 e. The lowest BCUT2D eigenvalue weighted by molar-refractivity contribution is 0.0687. The summed E-state index contributed by atoms with van der Waals surface area (Å²) < 4.78 is 1.77. The van der Waals surface area contributed by atoms with Crippen molar-refractivity contribution in [2.75, 3.05) is 0 Å². The van der Waals surface area contributed by atoms with Crippen LogP contribution in [-0.4, -0.2) is 25.8 Å². The number of nitrogens with zero attached hydrogens (tertiary/aromatic N) is 3. The second-order valence-corrected chi connectivity index (χ2v) is 4.03. The van der Waals surface area contributed by atoms with Crippen LogP contribution in [0.4, 0.5) is 0 Å². The van der Waals surface area contributed by atoms with Crippen molar-refractivity contribution in [3.8, 4) is 5.82 Å². The smallest absolute Gasteiger partial charge is 0.354 e. The second-order valence-electron chi connectivity index (χ2n) is 3.21. The molecule has 2 heterocycles. The minimum absolute atomic E-state index is 0.0775. The molecule has 16 heavy (non-hydrogen) atoms. The number of hydrogen-bond acceptors (Lipinski definition) is 3. The summed E-state index contributed by atoms with van der Waals surface area (Å²) in [5, 5.41) is 13.1. The van der Waals surface area contributed by atoms with Crippen LogP contribution >= 0.6 is 15.9 Å². The van der Waals surface area contributed by atoms with Gasteiger partial charge < -0.3 is 5.11 Å². The van der Waals surface area contributed by atoms with Gasteiger partial charge in [0, 0.05) is 12.3 Å². The van der Waals surface area contributed by atoms with Crippen LogP contribution in [0.5, 0.6) is 0 Å².